The summed E-state index contributed by atoms with van der Waals surface area (Å²) >= 11 is 0. The van der Waals surface area contributed by atoms with Gasteiger partial charge in [-0.1, -0.05) is 357 Å². The van der Waals surface area contributed by atoms with Crippen LogP contribution in [0.4, 0.5) is 0 Å². The average Bonchev–Trinajstić information content (AvgIpc) is 0.902. The number of allylic oxidation sites excluding steroid dienone is 30. The van der Waals surface area contributed by atoms with Crippen molar-refractivity contribution in [2.24, 2.45) is 0 Å². The highest BCUT2D eigenvalue weighted by Crippen LogP contribution is 2.45. The minimum atomic E-state index is -4.96. The third-order valence-electron chi connectivity index (χ3n) is 18.1. The van der Waals surface area contributed by atoms with Crippen LogP contribution < -0.4 is 0 Å². The molecule has 5 unspecified atom stereocenters. The molecule has 0 aliphatic heterocycles. The Kier molecular flexibility index (Phi) is 81.9. The van der Waals surface area contributed by atoms with E-state index in [0.717, 1.165) is 135 Å². The summed E-state index contributed by atoms with van der Waals surface area (Å²) in [5, 5.41) is 20.7. The van der Waals surface area contributed by atoms with Crippen LogP contribution in [0.25, 0.3) is 0 Å². The molecular weight excluding hydrogens is 1460 g/mol. The lowest BCUT2D eigenvalue weighted by Crippen LogP contribution is -2.29. The fourth-order valence-electron chi connectivity index (χ4n) is 11.5. The summed E-state index contributed by atoms with van der Waals surface area (Å²) in [6, 6.07) is 0. The summed E-state index contributed by atoms with van der Waals surface area (Å²) in [7, 11) is -9.84. The molecule has 0 rings (SSSR count). The Labute approximate surface area is 687 Å². The van der Waals surface area contributed by atoms with Crippen LogP contribution >= 0.6 is 15.6 Å². The van der Waals surface area contributed by atoms with Crippen molar-refractivity contribution in [2.75, 3.05) is 39.6 Å². The SMILES string of the molecule is CC/C=C\C/C=C\C/C=C\C/C=C\C/C=C\C/C=C\CCC(=O)OC(COC(=O)CCCCCCCCCCCCC/C=C\C/C=C\C/C=C\C/C=C\CCCCC)COP(=O)(O)OCC(O)COP(=O)(O)OCC(O)COC(=O)CCCCCCCCCCCCCCCCC/C=C\C/C=C\C/C=C\C/C=C\C/C=C\CC. The molecule has 0 bridgehead atoms. The summed E-state index contributed by atoms with van der Waals surface area (Å²) in [4.78, 5) is 58.8. The summed E-state index contributed by atoms with van der Waals surface area (Å²) < 4.78 is 61.3. The molecule has 0 aliphatic rings. The fourth-order valence-corrected chi connectivity index (χ4v) is 13.1. The lowest BCUT2D eigenvalue weighted by Gasteiger charge is -2.21. The second-order valence-corrected chi connectivity index (χ2v) is 31.8. The maximum absolute atomic E-state index is 13.0. The van der Waals surface area contributed by atoms with Gasteiger partial charge in [0.15, 0.2) is 6.10 Å². The van der Waals surface area contributed by atoms with Crippen LogP contribution in [0.3, 0.4) is 0 Å². The van der Waals surface area contributed by atoms with E-state index in [4.69, 9.17) is 32.3 Å². The van der Waals surface area contributed by atoms with Gasteiger partial charge < -0.3 is 34.2 Å². The van der Waals surface area contributed by atoms with Gasteiger partial charge in [0.1, 0.15) is 25.4 Å². The van der Waals surface area contributed by atoms with Gasteiger partial charge in [-0.2, -0.15) is 0 Å². The first kappa shape index (κ1) is 108. The number of hydrogen-bond acceptors (Lipinski definition) is 14. The maximum atomic E-state index is 13.0. The summed E-state index contributed by atoms with van der Waals surface area (Å²) in [6.45, 7) is 2.35. The molecule has 5 atom stereocenters. The number of phosphoric acid groups is 2. The number of ether oxygens (including phenoxy) is 3. The number of aliphatic hydroxyl groups excluding tert-OH is 2. The smallest absolute Gasteiger partial charge is 0.463 e. The van der Waals surface area contributed by atoms with E-state index in [9.17, 15) is 43.5 Å². The van der Waals surface area contributed by atoms with Gasteiger partial charge in [0.2, 0.25) is 0 Å². The van der Waals surface area contributed by atoms with Gasteiger partial charge in [-0.05, 0) is 148 Å². The maximum Gasteiger partial charge on any atom is 0.472 e. The van der Waals surface area contributed by atoms with Crippen molar-refractivity contribution in [2.45, 2.75) is 360 Å². The van der Waals surface area contributed by atoms with Crippen LogP contribution in [0.5, 0.6) is 0 Å². The van der Waals surface area contributed by atoms with Gasteiger partial charge in [-0.25, -0.2) is 9.13 Å². The molecule has 0 saturated heterocycles. The average molecular weight is 1620 g/mol. The predicted molar refractivity (Wildman–Crippen MR) is 472 cm³/mol. The Morgan fingerprint density at radius 3 is 0.779 bits per heavy atom. The second kappa shape index (κ2) is 86.0. The van der Waals surface area contributed by atoms with Crippen molar-refractivity contribution >= 4 is 33.6 Å². The van der Waals surface area contributed by atoms with Crippen LogP contribution in [-0.2, 0) is 55.8 Å². The number of rotatable bonds is 82. The molecule has 0 aromatic rings. The van der Waals surface area contributed by atoms with Crippen LogP contribution in [-0.4, -0.2) is 95.9 Å². The van der Waals surface area contributed by atoms with Crippen molar-refractivity contribution in [3.05, 3.63) is 182 Å². The quantitative estimate of drug-likeness (QED) is 0.0146. The van der Waals surface area contributed by atoms with Crippen molar-refractivity contribution in [3.63, 3.8) is 0 Å². The predicted octanol–water partition coefficient (Wildman–Crippen LogP) is 26.9. The number of carbonyl (C=O) groups is 3. The number of esters is 3. The summed E-state index contributed by atoms with van der Waals surface area (Å²) in [6.07, 6.45) is 112. The normalized spacial score (nSPS) is 14.7. The second-order valence-electron chi connectivity index (χ2n) is 28.9. The molecule has 644 valence electrons. The molecule has 0 aromatic carbocycles. The molecule has 18 heteroatoms. The van der Waals surface area contributed by atoms with E-state index >= 15 is 0 Å². The highest BCUT2D eigenvalue weighted by molar-refractivity contribution is 7.47. The zero-order valence-corrected chi connectivity index (χ0v) is 72.5. The summed E-state index contributed by atoms with van der Waals surface area (Å²) in [5.74, 6) is -1.68. The molecule has 0 heterocycles. The lowest BCUT2D eigenvalue weighted by molar-refractivity contribution is -0.161. The zero-order valence-electron chi connectivity index (χ0n) is 70.7. The van der Waals surface area contributed by atoms with Gasteiger partial charge in [-0.3, -0.25) is 32.5 Å². The van der Waals surface area contributed by atoms with E-state index in [1.165, 1.54) is 141 Å². The van der Waals surface area contributed by atoms with Crippen molar-refractivity contribution in [1.82, 2.24) is 0 Å². The molecule has 0 radical (unpaired) electrons. The fraction of sp³-hybridized carbons (Fsp3) is 0.653. The van der Waals surface area contributed by atoms with E-state index in [0.29, 0.717) is 25.7 Å². The molecule has 16 nitrogen and oxygen atoms in total. The Morgan fingerprint density at radius 2 is 0.487 bits per heavy atom. The molecule has 0 saturated carbocycles. The van der Waals surface area contributed by atoms with E-state index < -0.39 is 91.5 Å². The number of carbonyl (C=O) groups excluding carboxylic acids is 3. The Hall–Kier alpha value is -5.35. The molecule has 0 amide bonds. The standard InChI is InChI=1S/C95H158O16P2/c1-4-7-10-13-16-19-22-25-28-31-34-36-38-40-42-43-44-45-47-49-50-52-55-57-60-63-66-69-72-75-78-81-93(98)105-84-90(96)85-107-112(101,102)108-86-91(97)87-109-113(103,104)110-89-92(111-95(100)83-80-77-74-71-68-65-62-59-54-33-30-27-24-21-18-15-12-9-6-3)88-106-94(99)82-79-76-73-70-67-64-61-58-56-53-51-48-46-41-39-37-35-32-29-26-23-20-17-14-11-8-5-2/h7,9-10,12,16-21,25-30,34-37,40-42,46,54,59,65,68,74,77,90-92,96-97H,4-6,8,11,13-15,22-24,31-33,38-39,43-45,47-53,55-58,60-64,66-67,69-73,75-76,78-89H2,1-3H3,(H,101,102)(H,103,104)/b10-7-,12-9-,19-16-,20-17-,21-18-,28-25-,29-26-,30-27-,36-34-,37-35-,42-40-,46-41-,59-54-,68-65-,77-74-. The number of hydrogen-bond donors (Lipinski definition) is 4. The van der Waals surface area contributed by atoms with E-state index in [-0.39, 0.29) is 19.3 Å². The highest BCUT2D eigenvalue weighted by Gasteiger charge is 2.29. The number of aliphatic hydroxyl groups is 2. The Balaban J connectivity index is 4.61. The lowest BCUT2D eigenvalue weighted by atomic mass is 10.0. The third-order valence-corrected chi connectivity index (χ3v) is 20.0. The third kappa shape index (κ3) is 87.3. The zero-order chi connectivity index (χ0) is 82.2. The van der Waals surface area contributed by atoms with Crippen LogP contribution in [0, 0.1) is 0 Å². The van der Waals surface area contributed by atoms with Crippen LogP contribution in [0.15, 0.2) is 182 Å². The van der Waals surface area contributed by atoms with Crippen molar-refractivity contribution in [3.8, 4) is 0 Å². The van der Waals surface area contributed by atoms with Crippen molar-refractivity contribution in [1.29, 1.82) is 0 Å². The van der Waals surface area contributed by atoms with E-state index in [1.807, 2.05) is 18.2 Å². The number of unbranched alkanes of at least 4 members (excludes halogenated alkanes) is 29. The molecule has 0 fully saturated rings. The Morgan fingerprint density at radius 1 is 0.257 bits per heavy atom. The Bertz CT molecular complexity index is 2780. The van der Waals surface area contributed by atoms with Gasteiger partial charge in [-0.15, -0.1) is 0 Å². The number of phosphoric ester groups is 2. The highest BCUT2D eigenvalue weighted by atomic mass is 31.2. The monoisotopic (exact) mass is 1620 g/mol. The first-order valence-electron chi connectivity index (χ1n) is 44.1. The molecule has 0 spiro atoms. The molecule has 0 aliphatic carbocycles. The van der Waals surface area contributed by atoms with E-state index in [2.05, 4.69) is 185 Å². The summed E-state index contributed by atoms with van der Waals surface area (Å²) in [5.41, 5.74) is 0. The first-order chi connectivity index (χ1) is 55.2. The van der Waals surface area contributed by atoms with Crippen LogP contribution in [0.2, 0.25) is 0 Å². The molecular formula is C95H158O16P2. The van der Waals surface area contributed by atoms with Crippen LogP contribution in [0.1, 0.15) is 342 Å². The van der Waals surface area contributed by atoms with Gasteiger partial charge >= 0.3 is 33.6 Å². The van der Waals surface area contributed by atoms with Crippen molar-refractivity contribution < 1.29 is 75.8 Å². The minimum absolute atomic E-state index is 0.0265. The van der Waals surface area contributed by atoms with E-state index in [1.54, 1.807) is 0 Å². The topological polar surface area (TPSA) is 231 Å². The molecule has 4 N–H and O–H groups in total. The van der Waals surface area contributed by atoms with Gasteiger partial charge in [0, 0.05) is 19.3 Å². The molecule has 113 heavy (non-hydrogen) atoms. The minimum Gasteiger partial charge on any atom is -0.463 e. The van der Waals surface area contributed by atoms with Gasteiger partial charge in [0.05, 0.1) is 26.4 Å². The molecule has 0 aromatic heterocycles. The first-order valence-corrected chi connectivity index (χ1v) is 47.1. The van der Waals surface area contributed by atoms with Gasteiger partial charge in [0.25, 0.3) is 0 Å². The largest absolute Gasteiger partial charge is 0.472 e.